The highest BCUT2D eigenvalue weighted by atomic mass is 19.2. The molecule has 5 heteroatoms. The second-order valence-corrected chi connectivity index (χ2v) is 6.13. The van der Waals surface area contributed by atoms with Gasteiger partial charge in [-0.05, 0) is 24.1 Å². The van der Waals surface area contributed by atoms with Crippen LogP contribution < -0.4 is 5.32 Å². The molecule has 0 radical (unpaired) electrons. The largest absolute Gasteiger partial charge is 0.376 e. The summed E-state index contributed by atoms with van der Waals surface area (Å²) in [6, 6.07) is 16.2. The molecule has 130 valence electrons. The number of rotatable bonds is 3. The van der Waals surface area contributed by atoms with Gasteiger partial charge in [0.25, 0.3) is 0 Å². The Morgan fingerprint density at radius 3 is 2.31 bits per heavy atom. The van der Waals surface area contributed by atoms with Crippen LogP contribution in [0, 0.1) is 24.4 Å². The van der Waals surface area contributed by atoms with Crippen LogP contribution in [0.25, 0.3) is 21.8 Å². The number of pyridine rings is 1. The zero-order chi connectivity index (χ0) is 18.3. The molecule has 0 atom stereocenters. The molecule has 3 aromatic carbocycles. The van der Waals surface area contributed by atoms with Crippen molar-refractivity contribution in [2.24, 2.45) is 0 Å². The summed E-state index contributed by atoms with van der Waals surface area (Å²) in [5, 5.41) is 3.22. The molecule has 4 aromatic rings. The number of para-hydroxylation sites is 1. The Hall–Kier alpha value is -3.08. The predicted octanol–water partition coefficient (Wildman–Crippen LogP) is 5.73. The minimum atomic E-state index is -1.23. The fraction of sp³-hybridized carbons (Fsp3) is 0.0952. The highest BCUT2D eigenvalue weighted by molar-refractivity contribution is 5.99. The van der Waals surface area contributed by atoms with Crippen LogP contribution in [0.4, 0.5) is 18.9 Å². The number of aryl methyl sites for hydroxylation is 1. The van der Waals surface area contributed by atoms with Crippen molar-refractivity contribution >= 4 is 27.5 Å². The van der Waals surface area contributed by atoms with E-state index in [9.17, 15) is 13.2 Å². The van der Waals surface area contributed by atoms with Gasteiger partial charge >= 0.3 is 0 Å². The van der Waals surface area contributed by atoms with Crippen molar-refractivity contribution in [2.75, 3.05) is 5.32 Å². The number of aromatic nitrogens is 1. The van der Waals surface area contributed by atoms with Crippen LogP contribution in [0.5, 0.6) is 0 Å². The summed E-state index contributed by atoms with van der Waals surface area (Å²) in [7, 11) is 0. The van der Waals surface area contributed by atoms with Crippen LogP contribution in [0.2, 0.25) is 0 Å². The smallest absolute Gasteiger partial charge is 0.185 e. The Labute approximate surface area is 148 Å². The van der Waals surface area contributed by atoms with Gasteiger partial charge in [0.15, 0.2) is 17.5 Å². The predicted molar refractivity (Wildman–Crippen MR) is 97.6 cm³/mol. The number of halogens is 3. The van der Waals surface area contributed by atoms with E-state index in [-0.39, 0.29) is 17.4 Å². The van der Waals surface area contributed by atoms with Gasteiger partial charge in [0.1, 0.15) is 11.2 Å². The lowest BCUT2D eigenvalue weighted by Gasteiger charge is -2.14. The second kappa shape index (κ2) is 6.33. The summed E-state index contributed by atoms with van der Waals surface area (Å²) in [6.45, 7) is 1.82. The van der Waals surface area contributed by atoms with E-state index in [4.69, 9.17) is 0 Å². The molecule has 0 bridgehead atoms. The molecule has 0 saturated heterocycles. The molecular weight excluding hydrogens is 337 g/mol. The van der Waals surface area contributed by atoms with Crippen molar-refractivity contribution in [1.82, 2.24) is 4.98 Å². The number of nitrogens with one attached hydrogen (secondary N) is 1. The molecule has 0 aliphatic rings. The van der Waals surface area contributed by atoms with E-state index in [0.717, 1.165) is 5.56 Å². The van der Waals surface area contributed by atoms with Crippen molar-refractivity contribution in [3.63, 3.8) is 0 Å². The number of anilines is 1. The molecule has 0 aliphatic carbocycles. The summed E-state index contributed by atoms with van der Waals surface area (Å²) in [5.41, 5.74) is 1.16. The molecule has 0 fully saturated rings. The van der Waals surface area contributed by atoms with Crippen LogP contribution in [0.3, 0.4) is 0 Å². The first-order valence-corrected chi connectivity index (χ1v) is 8.21. The monoisotopic (exact) mass is 352 g/mol. The van der Waals surface area contributed by atoms with Gasteiger partial charge in [0, 0.05) is 17.3 Å². The van der Waals surface area contributed by atoms with Crippen LogP contribution >= 0.6 is 0 Å². The first-order chi connectivity index (χ1) is 12.6. The van der Waals surface area contributed by atoms with Gasteiger partial charge in [0.2, 0.25) is 0 Å². The molecule has 2 nitrogen and oxygen atoms in total. The average Bonchev–Trinajstić information content (AvgIpc) is 2.67. The maximum Gasteiger partial charge on any atom is 0.185 e. The van der Waals surface area contributed by atoms with Crippen molar-refractivity contribution in [3.05, 3.63) is 83.2 Å². The van der Waals surface area contributed by atoms with Gasteiger partial charge in [-0.1, -0.05) is 48.5 Å². The van der Waals surface area contributed by atoms with E-state index in [1.165, 1.54) is 0 Å². The fourth-order valence-electron chi connectivity index (χ4n) is 3.18. The Kier molecular flexibility index (Phi) is 3.99. The Morgan fingerprint density at radius 1 is 0.846 bits per heavy atom. The Morgan fingerprint density at radius 2 is 1.54 bits per heavy atom. The van der Waals surface area contributed by atoms with Gasteiger partial charge in [-0.15, -0.1) is 0 Å². The molecule has 0 saturated carbocycles. The fourth-order valence-corrected chi connectivity index (χ4v) is 3.18. The van der Waals surface area contributed by atoms with Crippen molar-refractivity contribution in [2.45, 2.75) is 13.5 Å². The SMILES string of the molecule is Cc1c2ccccc2nc2c(F)c(NCc3ccccc3)c(F)c(F)c12. The number of benzene rings is 3. The third kappa shape index (κ3) is 2.56. The second-order valence-electron chi connectivity index (χ2n) is 6.13. The van der Waals surface area contributed by atoms with Crippen molar-refractivity contribution in [1.29, 1.82) is 0 Å². The summed E-state index contributed by atoms with van der Waals surface area (Å²) in [4.78, 5) is 4.23. The van der Waals surface area contributed by atoms with E-state index >= 15 is 0 Å². The van der Waals surface area contributed by atoms with Crippen LogP contribution in [-0.2, 0) is 6.54 Å². The molecule has 26 heavy (non-hydrogen) atoms. The third-order valence-corrected chi connectivity index (χ3v) is 4.52. The lowest BCUT2D eigenvalue weighted by molar-refractivity contribution is 0.508. The zero-order valence-corrected chi connectivity index (χ0v) is 14.0. The molecule has 4 rings (SSSR count). The van der Waals surface area contributed by atoms with Gasteiger partial charge in [-0.3, -0.25) is 0 Å². The molecule has 0 spiro atoms. The van der Waals surface area contributed by atoms with E-state index < -0.39 is 23.1 Å². The lowest BCUT2D eigenvalue weighted by Crippen LogP contribution is -2.08. The number of fused-ring (bicyclic) bond motifs is 2. The van der Waals surface area contributed by atoms with E-state index in [1.54, 1.807) is 31.2 Å². The molecule has 1 heterocycles. The van der Waals surface area contributed by atoms with Crippen LogP contribution in [-0.4, -0.2) is 4.98 Å². The third-order valence-electron chi connectivity index (χ3n) is 4.52. The highest BCUT2D eigenvalue weighted by Gasteiger charge is 2.23. The summed E-state index contributed by atoms with van der Waals surface area (Å²) in [6.07, 6.45) is 0. The number of nitrogens with zero attached hydrogens (tertiary/aromatic N) is 1. The van der Waals surface area contributed by atoms with E-state index in [0.29, 0.717) is 16.5 Å². The number of hydrogen-bond acceptors (Lipinski definition) is 2. The minimum Gasteiger partial charge on any atom is -0.376 e. The van der Waals surface area contributed by atoms with E-state index in [1.807, 2.05) is 30.3 Å². The number of hydrogen-bond donors (Lipinski definition) is 1. The van der Waals surface area contributed by atoms with Crippen LogP contribution in [0.1, 0.15) is 11.1 Å². The van der Waals surface area contributed by atoms with E-state index in [2.05, 4.69) is 10.3 Å². The molecule has 0 aliphatic heterocycles. The molecular formula is C21H15F3N2. The topological polar surface area (TPSA) is 24.9 Å². The van der Waals surface area contributed by atoms with Gasteiger partial charge in [-0.25, -0.2) is 18.2 Å². The maximum absolute atomic E-state index is 15.0. The standard InChI is InChI=1S/C21H15F3N2/c1-12-14-9-5-6-10-15(14)26-20-16(12)17(22)18(23)21(19(20)24)25-11-13-7-3-2-4-8-13/h2-10,25H,11H2,1H3. The first-order valence-electron chi connectivity index (χ1n) is 8.21. The Balaban J connectivity index is 1.90. The van der Waals surface area contributed by atoms with Gasteiger partial charge in [0.05, 0.1) is 5.52 Å². The van der Waals surface area contributed by atoms with Crippen molar-refractivity contribution < 1.29 is 13.2 Å². The normalized spacial score (nSPS) is 11.2. The van der Waals surface area contributed by atoms with Gasteiger partial charge < -0.3 is 5.32 Å². The van der Waals surface area contributed by atoms with Crippen LogP contribution in [0.15, 0.2) is 54.6 Å². The molecule has 0 unspecified atom stereocenters. The summed E-state index contributed by atoms with van der Waals surface area (Å²) in [5.74, 6) is -3.21. The van der Waals surface area contributed by atoms with Crippen molar-refractivity contribution in [3.8, 4) is 0 Å². The van der Waals surface area contributed by atoms with Gasteiger partial charge in [-0.2, -0.15) is 0 Å². The molecule has 1 aromatic heterocycles. The first kappa shape index (κ1) is 16.4. The lowest BCUT2D eigenvalue weighted by atomic mass is 10.0. The summed E-state index contributed by atoms with van der Waals surface area (Å²) < 4.78 is 44.3. The maximum atomic E-state index is 15.0. The summed E-state index contributed by atoms with van der Waals surface area (Å²) >= 11 is 0. The zero-order valence-electron chi connectivity index (χ0n) is 14.0. The average molecular weight is 352 g/mol. The molecule has 1 N–H and O–H groups in total. The minimum absolute atomic E-state index is 0.121. The quantitative estimate of drug-likeness (QED) is 0.376. The highest BCUT2D eigenvalue weighted by Crippen LogP contribution is 2.35. The molecule has 0 amide bonds. The Bertz CT molecular complexity index is 1120.